The highest BCUT2D eigenvalue weighted by molar-refractivity contribution is 6.92. The standard InChI is InChI=1S/C23H44N2OSi2/c1-16(2)9-10-19-12-18-13-21(19)22(14-18)27(5,6)26-28(7,8)23-24-15-20(25-23)11-17(3)4/h15-19,21-22H,9-14H2,1-8H3,(H,24,25)/t18-,19+,21-,22?/m1/s1. The average Bonchev–Trinajstić information content (AvgIpc) is 3.26. The Bertz CT molecular complexity index is 653. The lowest BCUT2D eigenvalue weighted by molar-refractivity contribution is 0.280. The maximum atomic E-state index is 7.12. The SMILES string of the molecule is CC(C)CC[C@H]1C[C@H]2CC([Si](C)(C)O[Si](C)(C)c3ncc(CC(C)C)[nH]3)[C@@H]1C2. The van der Waals surface area contributed by atoms with Crippen LogP contribution >= 0.6 is 0 Å². The number of nitrogens with zero attached hydrogens (tertiary/aromatic N) is 1. The summed E-state index contributed by atoms with van der Waals surface area (Å²) >= 11 is 0. The van der Waals surface area contributed by atoms with Crippen LogP contribution in [0, 0.1) is 29.6 Å². The lowest BCUT2D eigenvalue weighted by Gasteiger charge is -2.42. The number of aromatic nitrogens is 2. The zero-order chi connectivity index (χ0) is 20.7. The molecule has 1 aromatic rings. The van der Waals surface area contributed by atoms with E-state index in [0.717, 1.165) is 41.1 Å². The number of aromatic amines is 1. The number of fused-ring (bicyclic) bond motifs is 2. The Kier molecular flexibility index (Phi) is 6.68. The topological polar surface area (TPSA) is 37.9 Å². The lowest BCUT2D eigenvalue weighted by Crippen LogP contribution is -2.56. The van der Waals surface area contributed by atoms with Gasteiger partial charge in [-0.05, 0) is 93.4 Å². The molecule has 0 amide bonds. The van der Waals surface area contributed by atoms with E-state index in [0.29, 0.717) is 5.92 Å². The van der Waals surface area contributed by atoms with Gasteiger partial charge in [-0.3, -0.25) is 0 Å². The molecule has 2 aliphatic carbocycles. The third-order valence-corrected chi connectivity index (χ3v) is 15.3. The lowest BCUT2D eigenvalue weighted by atomic mass is 9.83. The van der Waals surface area contributed by atoms with Crippen LogP contribution in [0.1, 0.15) is 65.5 Å². The van der Waals surface area contributed by atoms with Crippen LogP contribution in [-0.4, -0.2) is 26.6 Å². The van der Waals surface area contributed by atoms with E-state index in [1.54, 1.807) is 0 Å². The van der Waals surface area contributed by atoms with Gasteiger partial charge in [0.2, 0.25) is 8.32 Å². The zero-order valence-electron chi connectivity index (χ0n) is 19.6. The fraction of sp³-hybridized carbons (Fsp3) is 0.870. The molecule has 0 saturated heterocycles. The molecule has 1 heterocycles. The molecule has 2 aliphatic rings. The van der Waals surface area contributed by atoms with E-state index in [1.807, 2.05) is 6.20 Å². The number of imidazole rings is 1. The van der Waals surface area contributed by atoms with Gasteiger partial charge in [0, 0.05) is 11.9 Å². The fourth-order valence-electron chi connectivity index (χ4n) is 6.16. The van der Waals surface area contributed by atoms with Crippen LogP contribution in [0.3, 0.4) is 0 Å². The van der Waals surface area contributed by atoms with Gasteiger partial charge in [0.15, 0.2) is 8.32 Å². The monoisotopic (exact) mass is 420 g/mol. The van der Waals surface area contributed by atoms with Crippen LogP contribution in [0.4, 0.5) is 0 Å². The molecule has 3 rings (SSSR count). The normalized spacial score (nSPS) is 28.1. The highest BCUT2D eigenvalue weighted by Crippen LogP contribution is 2.59. The van der Waals surface area contributed by atoms with Crippen LogP contribution in [0.15, 0.2) is 6.20 Å². The highest BCUT2D eigenvalue weighted by atomic mass is 28.4. The van der Waals surface area contributed by atoms with Gasteiger partial charge in [-0.25, -0.2) is 4.98 Å². The quantitative estimate of drug-likeness (QED) is 0.490. The van der Waals surface area contributed by atoms with Gasteiger partial charge in [0.05, 0.1) is 0 Å². The smallest absolute Gasteiger partial charge is 0.247 e. The van der Waals surface area contributed by atoms with Crippen molar-refractivity contribution in [3.8, 4) is 0 Å². The van der Waals surface area contributed by atoms with Crippen molar-refractivity contribution in [1.29, 1.82) is 0 Å². The van der Waals surface area contributed by atoms with Gasteiger partial charge in [-0.2, -0.15) is 0 Å². The van der Waals surface area contributed by atoms with Crippen molar-refractivity contribution in [3.05, 3.63) is 11.9 Å². The molecule has 1 N–H and O–H groups in total. The van der Waals surface area contributed by atoms with Gasteiger partial charge in [0.25, 0.3) is 0 Å². The second-order valence-electron chi connectivity index (χ2n) is 11.6. The molecule has 0 aromatic carbocycles. The summed E-state index contributed by atoms with van der Waals surface area (Å²) in [4.78, 5) is 8.39. The molecule has 1 unspecified atom stereocenters. The van der Waals surface area contributed by atoms with Crippen molar-refractivity contribution in [2.75, 3.05) is 0 Å². The Morgan fingerprint density at radius 1 is 1.07 bits per heavy atom. The molecule has 3 nitrogen and oxygen atoms in total. The largest absolute Gasteiger partial charge is 0.450 e. The zero-order valence-corrected chi connectivity index (χ0v) is 21.6. The summed E-state index contributed by atoms with van der Waals surface area (Å²) in [7, 11) is -3.76. The van der Waals surface area contributed by atoms with Crippen LogP contribution in [-0.2, 0) is 10.5 Å². The minimum absolute atomic E-state index is 0.654. The van der Waals surface area contributed by atoms with Gasteiger partial charge < -0.3 is 9.10 Å². The molecule has 2 bridgehead atoms. The van der Waals surface area contributed by atoms with E-state index in [2.05, 4.69) is 58.9 Å². The van der Waals surface area contributed by atoms with Crippen molar-refractivity contribution in [2.45, 2.75) is 97.9 Å². The van der Waals surface area contributed by atoms with Crippen molar-refractivity contribution in [3.63, 3.8) is 0 Å². The van der Waals surface area contributed by atoms with E-state index in [4.69, 9.17) is 9.10 Å². The molecule has 4 atom stereocenters. The van der Waals surface area contributed by atoms with Crippen molar-refractivity contribution >= 4 is 22.1 Å². The van der Waals surface area contributed by atoms with Gasteiger partial charge in [-0.15, -0.1) is 0 Å². The first-order valence-electron chi connectivity index (χ1n) is 11.7. The number of hydrogen-bond acceptors (Lipinski definition) is 2. The number of nitrogens with one attached hydrogen (secondary N) is 1. The summed E-state index contributed by atoms with van der Waals surface area (Å²) in [6, 6.07) is 0. The Hall–Kier alpha value is -0.396. The van der Waals surface area contributed by atoms with Gasteiger partial charge in [0.1, 0.15) is 5.45 Å². The molecule has 28 heavy (non-hydrogen) atoms. The Balaban J connectivity index is 1.67. The number of rotatable bonds is 9. The van der Waals surface area contributed by atoms with Crippen LogP contribution in [0.25, 0.3) is 0 Å². The molecule has 2 saturated carbocycles. The predicted molar refractivity (Wildman–Crippen MR) is 125 cm³/mol. The summed E-state index contributed by atoms with van der Waals surface area (Å²) in [5.41, 5.74) is 3.26. The predicted octanol–water partition coefficient (Wildman–Crippen LogP) is 6.09. The van der Waals surface area contributed by atoms with Crippen molar-refractivity contribution in [2.24, 2.45) is 29.6 Å². The van der Waals surface area contributed by atoms with E-state index in [1.165, 1.54) is 37.8 Å². The van der Waals surface area contributed by atoms with E-state index < -0.39 is 16.6 Å². The summed E-state index contributed by atoms with van der Waals surface area (Å²) < 4.78 is 7.12. The van der Waals surface area contributed by atoms with E-state index in [-0.39, 0.29) is 0 Å². The van der Waals surface area contributed by atoms with Gasteiger partial charge >= 0.3 is 0 Å². The minimum Gasteiger partial charge on any atom is -0.450 e. The molecule has 5 heteroatoms. The van der Waals surface area contributed by atoms with Gasteiger partial charge in [-0.1, -0.05) is 34.1 Å². The first kappa shape index (κ1) is 22.3. The Morgan fingerprint density at radius 2 is 1.79 bits per heavy atom. The first-order chi connectivity index (χ1) is 13.0. The second-order valence-corrected chi connectivity index (χ2v) is 19.9. The van der Waals surface area contributed by atoms with Crippen LogP contribution in [0.5, 0.6) is 0 Å². The molecule has 0 aliphatic heterocycles. The summed E-state index contributed by atoms with van der Waals surface area (Å²) in [5, 5.41) is 0. The van der Waals surface area contributed by atoms with Crippen molar-refractivity contribution in [1.82, 2.24) is 9.97 Å². The molecule has 2 fully saturated rings. The van der Waals surface area contributed by atoms with E-state index in [9.17, 15) is 0 Å². The highest BCUT2D eigenvalue weighted by Gasteiger charge is 2.54. The van der Waals surface area contributed by atoms with E-state index >= 15 is 0 Å². The summed E-state index contributed by atoms with van der Waals surface area (Å²) in [6.45, 7) is 19.0. The minimum atomic E-state index is -2.00. The number of hydrogen-bond donors (Lipinski definition) is 1. The Morgan fingerprint density at radius 3 is 2.39 bits per heavy atom. The molecule has 0 spiro atoms. The summed E-state index contributed by atoms with van der Waals surface area (Å²) in [6.07, 6.45) is 10.4. The molecular formula is C23H44N2OSi2. The molecular weight excluding hydrogens is 376 g/mol. The number of H-pyrrole nitrogens is 1. The summed E-state index contributed by atoms with van der Waals surface area (Å²) in [5.74, 6) is 4.37. The first-order valence-corrected chi connectivity index (χ1v) is 17.6. The van der Waals surface area contributed by atoms with Crippen molar-refractivity contribution < 1.29 is 4.12 Å². The third kappa shape index (κ3) is 5.01. The average molecular weight is 421 g/mol. The van der Waals surface area contributed by atoms with Crippen LogP contribution in [0.2, 0.25) is 31.7 Å². The molecule has 1 aromatic heterocycles. The molecule has 160 valence electrons. The van der Waals surface area contributed by atoms with Crippen LogP contribution < -0.4 is 5.45 Å². The third-order valence-electron chi connectivity index (χ3n) is 7.30. The maximum absolute atomic E-state index is 7.12. The maximum Gasteiger partial charge on any atom is 0.247 e. The fourth-order valence-corrected chi connectivity index (χ4v) is 15.6. The Labute approximate surface area is 175 Å². The second kappa shape index (κ2) is 8.39. The molecule has 0 radical (unpaired) electrons.